The number of benzene rings is 3. The topological polar surface area (TPSA) is 77.0 Å². The van der Waals surface area contributed by atoms with Crippen LogP contribution in [0, 0.1) is 0 Å². The van der Waals surface area contributed by atoms with E-state index in [-0.39, 0.29) is 12.5 Å². The number of nitrogens with zero attached hydrogens (tertiary/aromatic N) is 1. The van der Waals surface area contributed by atoms with Crippen LogP contribution in [0.15, 0.2) is 77.9 Å². The highest BCUT2D eigenvalue weighted by Crippen LogP contribution is 2.16. The van der Waals surface area contributed by atoms with Crippen molar-refractivity contribution in [3.8, 4) is 11.5 Å². The van der Waals surface area contributed by atoms with Crippen molar-refractivity contribution in [1.82, 2.24) is 5.43 Å². The van der Waals surface area contributed by atoms with Crippen LogP contribution >= 0.6 is 11.6 Å². The lowest BCUT2D eigenvalue weighted by Gasteiger charge is -2.06. The van der Waals surface area contributed by atoms with Gasteiger partial charge in [0, 0.05) is 5.02 Å². The van der Waals surface area contributed by atoms with Crippen LogP contribution in [0.25, 0.3) is 0 Å². The quantitative estimate of drug-likeness (QED) is 0.188. The molecule has 0 atom stereocenters. The number of rotatable bonds is 10. The zero-order valence-corrected chi connectivity index (χ0v) is 19.0. The summed E-state index contributed by atoms with van der Waals surface area (Å²) in [6.07, 6.45) is 4.83. The van der Waals surface area contributed by atoms with Gasteiger partial charge >= 0.3 is 5.97 Å². The second-order valence-corrected chi connectivity index (χ2v) is 7.73. The van der Waals surface area contributed by atoms with Crippen LogP contribution in [0.4, 0.5) is 0 Å². The lowest BCUT2D eigenvalue weighted by molar-refractivity contribution is -0.123. The minimum absolute atomic E-state index is 0.135. The molecule has 0 aliphatic heterocycles. The molecule has 0 aliphatic carbocycles. The van der Waals surface area contributed by atoms with E-state index < -0.39 is 5.97 Å². The van der Waals surface area contributed by atoms with E-state index >= 15 is 0 Å². The van der Waals surface area contributed by atoms with Crippen molar-refractivity contribution in [3.63, 3.8) is 0 Å². The number of halogens is 1. The van der Waals surface area contributed by atoms with Crippen molar-refractivity contribution in [2.24, 2.45) is 5.10 Å². The fourth-order valence-electron chi connectivity index (χ4n) is 2.90. The molecule has 33 heavy (non-hydrogen) atoms. The largest absolute Gasteiger partial charge is 0.484 e. The van der Waals surface area contributed by atoms with Crippen molar-refractivity contribution in [2.75, 3.05) is 6.61 Å². The minimum Gasteiger partial charge on any atom is -0.484 e. The molecule has 1 amide bonds. The van der Waals surface area contributed by atoms with Crippen LogP contribution in [0.5, 0.6) is 11.5 Å². The highest BCUT2D eigenvalue weighted by atomic mass is 35.5. The second kappa shape index (κ2) is 12.4. The summed E-state index contributed by atoms with van der Waals surface area (Å²) in [7, 11) is 0. The summed E-state index contributed by atoms with van der Waals surface area (Å²) in [5.41, 5.74) is 4.76. The molecule has 0 saturated heterocycles. The Labute approximate surface area is 198 Å². The first-order valence-electron chi connectivity index (χ1n) is 10.6. The Bertz CT molecular complexity index is 1100. The number of nitrogens with one attached hydrogen (secondary N) is 1. The van der Waals surface area contributed by atoms with Crippen LogP contribution in [-0.2, 0) is 11.2 Å². The van der Waals surface area contributed by atoms with Crippen LogP contribution in [0.1, 0.15) is 41.3 Å². The van der Waals surface area contributed by atoms with Gasteiger partial charge in [-0.05, 0) is 78.6 Å². The third kappa shape index (κ3) is 8.09. The zero-order chi connectivity index (χ0) is 23.5. The molecule has 0 spiro atoms. The van der Waals surface area contributed by atoms with Crippen molar-refractivity contribution in [1.29, 1.82) is 0 Å². The van der Waals surface area contributed by atoms with Crippen molar-refractivity contribution in [3.05, 3.63) is 94.5 Å². The maximum atomic E-state index is 12.2. The minimum atomic E-state index is -0.498. The second-order valence-electron chi connectivity index (χ2n) is 7.30. The van der Waals surface area contributed by atoms with Crippen LogP contribution in [-0.4, -0.2) is 24.7 Å². The average molecular weight is 465 g/mol. The number of amides is 1. The van der Waals surface area contributed by atoms with Gasteiger partial charge < -0.3 is 9.47 Å². The fraction of sp³-hybridized carbons (Fsp3) is 0.192. The molecule has 1 N–H and O–H groups in total. The fourth-order valence-corrected chi connectivity index (χ4v) is 3.09. The van der Waals surface area contributed by atoms with Gasteiger partial charge in [-0.25, -0.2) is 10.2 Å². The van der Waals surface area contributed by atoms with Gasteiger partial charge in [0.05, 0.1) is 11.8 Å². The molecule has 0 bridgehead atoms. The van der Waals surface area contributed by atoms with Gasteiger partial charge in [-0.1, -0.05) is 43.1 Å². The van der Waals surface area contributed by atoms with Gasteiger partial charge in [0.1, 0.15) is 11.5 Å². The summed E-state index contributed by atoms with van der Waals surface area (Å²) in [6.45, 7) is 2.03. The van der Waals surface area contributed by atoms with E-state index in [4.69, 9.17) is 21.1 Å². The monoisotopic (exact) mass is 464 g/mol. The van der Waals surface area contributed by atoms with Gasteiger partial charge in [-0.15, -0.1) is 0 Å². The number of hydrazone groups is 1. The molecule has 0 unspecified atom stereocenters. The smallest absolute Gasteiger partial charge is 0.343 e. The molecule has 6 nitrogen and oxygen atoms in total. The lowest BCUT2D eigenvalue weighted by atomic mass is 10.1. The number of hydrogen-bond donors (Lipinski definition) is 1. The maximum Gasteiger partial charge on any atom is 0.343 e. The third-order valence-corrected chi connectivity index (χ3v) is 4.90. The number of ether oxygens (including phenoxy) is 2. The van der Waals surface area contributed by atoms with E-state index in [2.05, 4.69) is 17.5 Å². The lowest BCUT2D eigenvalue weighted by Crippen LogP contribution is -2.24. The Morgan fingerprint density at radius 3 is 2.42 bits per heavy atom. The van der Waals surface area contributed by atoms with Crippen LogP contribution < -0.4 is 14.9 Å². The highest BCUT2D eigenvalue weighted by Gasteiger charge is 2.09. The molecule has 0 radical (unpaired) electrons. The molecule has 7 heteroatoms. The summed E-state index contributed by atoms with van der Waals surface area (Å²) in [6, 6.07) is 21.0. The van der Waals surface area contributed by atoms with Crippen LogP contribution in [0.2, 0.25) is 5.02 Å². The number of esters is 1. The van der Waals surface area contributed by atoms with Crippen molar-refractivity contribution < 1.29 is 19.1 Å². The van der Waals surface area contributed by atoms with Gasteiger partial charge in [-0.2, -0.15) is 5.10 Å². The third-order valence-electron chi connectivity index (χ3n) is 4.67. The number of hydrogen-bond acceptors (Lipinski definition) is 5. The zero-order valence-electron chi connectivity index (χ0n) is 18.3. The number of carbonyl (C=O) groups is 2. The SMILES string of the molecule is CCCCc1ccc(OCC(=O)N/N=C\c2ccc(OC(=O)c3cccc(Cl)c3)cc2)cc1. The van der Waals surface area contributed by atoms with E-state index in [1.54, 1.807) is 48.5 Å². The van der Waals surface area contributed by atoms with Crippen LogP contribution in [0.3, 0.4) is 0 Å². The molecule has 3 aromatic carbocycles. The summed E-state index contributed by atoms with van der Waals surface area (Å²) in [5.74, 6) is 0.155. The summed E-state index contributed by atoms with van der Waals surface area (Å²) < 4.78 is 10.8. The first kappa shape index (κ1) is 24.0. The molecular weight excluding hydrogens is 440 g/mol. The average Bonchev–Trinajstić information content (AvgIpc) is 2.83. The molecule has 3 rings (SSSR count). The number of carbonyl (C=O) groups excluding carboxylic acids is 2. The molecule has 0 fully saturated rings. The van der Waals surface area contributed by atoms with Crippen molar-refractivity contribution in [2.45, 2.75) is 26.2 Å². The Hall–Kier alpha value is -3.64. The van der Waals surface area contributed by atoms with E-state index in [0.29, 0.717) is 22.1 Å². The summed E-state index contributed by atoms with van der Waals surface area (Å²) in [5, 5.41) is 4.38. The molecule has 0 aliphatic rings. The van der Waals surface area contributed by atoms with Gasteiger partial charge in [0.2, 0.25) is 0 Å². The first-order valence-corrected chi connectivity index (χ1v) is 11.0. The predicted molar refractivity (Wildman–Crippen MR) is 129 cm³/mol. The Kier molecular flexibility index (Phi) is 9.03. The standard InChI is InChI=1S/C26H25ClN2O4/c1-2-3-5-19-8-12-23(13-9-19)32-18-25(30)29-28-17-20-10-14-24(15-11-20)33-26(31)21-6-4-7-22(27)16-21/h4,6-17H,2-3,5,18H2,1H3,(H,29,30)/b28-17-. The Balaban J connectivity index is 1.42. The number of unbranched alkanes of at least 4 members (excludes halogenated alkanes) is 1. The van der Waals surface area contributed by atoms with Gasteiger partial charge in [0.15, 0.2) is 6.61 Å². The van der Waals surface area contributed by atoms with Crippen molar-refractivity contribution >= 4 is 29.7 Å². The molecule has 0 heterocycles. The van der Waals surface area contributed by atoms with E-state index in [0.717, 1.165) is 24.8 Å². The normalized spacial score (nSPS) is 10.7. The molecule has 3 aromatic rings. The van der Waals surface area contributed by atoms with E-state index in [1.807, 2.05) is 24.3 Å². The molecule has 0 aromatic heterocycles. The van der Waals surface area contributed by atoms with Gasteiger partial charge in [-0.3, -0.25) is 4.79 Å². The summed E-state index contributed by atoms with van der Waals surface area (Å²) >= 11 is 5.89. The van der Waals surface area contributed by atoms with Gasteiger partial charge in [0.25, 0.3) is 5.91 Å². The van der Waals surface area contributed by atoms with E-state index in [1.165, 1.54) is 11.8 Å². The molecule has 170 valence electrons. The predicted octanol–water partition coefficient (Wildman–Crippen LogP) is 5.43. The number of aryl methyl sites for hydroxylation is 1. The highest BCUT2D eigenvalue weighted by molar-refractivity contribution is 6.30. The first-order chi connectivity index (χ1) is 16.0. The Morgan fingerprint density at radius 1 is 1.00 bits per heavy atom. The molecular formula is C26H25ClN2O4. The maximum absolute atomic E-state index is 12.2. The Morgan fingerprint density at radius 2 is 1.73 bits per heavy atom. The molecule has 0 saturated carbocycles. The summed E-state index contributed by atoms with van der Waals surface area (Å²) in [4.78, 5) is 24.1. The van der Waals surface area contributed by atoms with E-state index in [9.17, 15) is 9.59 Å².